The summed E-state index contributed by atoms with van der Waals surface area (Å²) >= 11 is 0. The molecule has 0 aliphatic heterocycles. The Kier molecular flexibility index (Phi) is 2.56. The van der Waals surface area contributed by atoms with Gasteiger partial charge in [0.15, 0.2) is 0 Å². The summed E-state index contributed by atoms with van der Waals surface area (Å²) in [6.07, 6.45) is 0. The topological polar surface area (TPSA) is 23.8 Å². The molecule has 68 valence electrons. The Morgan fingerprint density at radius 1 is 0.933 bits per heavy atom. The molecule has 0 heterocycles. The maximum absolute atomic E-state index is 8.67. The van der Waals surface area contributed by atoms with Gasteiger partial charge in [-0.3, -0.25) is 0 Å². The van der Waals surface area contributed by atoms with Crippen LogP contribution in [0.3, 0.4) is 0 Å². The van der Waals surface area contributed by atoms with Crippen LogP contribution >= 0.6 is 0 Å². The van der Waals surface area contributed by atoms with Crippen LogP contribution < -0.4 is 5.46 Å². The largest absolute Gasteiger partial charge is 0.192 e. The van der Waals surface area contributed by atoms with Crippen molar-refractivity contribution in [2.45, 2.75) is 0 Å². The second-order valence-electron chi connectivity index (χ2n) is 3.31. The predicted octanol–water partition coefficient (Wildman–Crippen LogP) is 2.02. The smallest absolute Gasteiger partial charge is 0.113 e. The number of hydrogen-bond acceptors (Lipinski definition) is 1. The third kappa shape index (κ3) is 2.08. The molecule has 0 aromatic heterocycles. The molecule has 0 spiro atoms. The van der Waals surface area contributed by atoms with Gasteiger partial charge in [-0.1, -0.05) is 41.9 Å². The molecule has 0 saturated heterocycles. The number of rotatable bonds is 1. The molecule has 0 N–H and O–H groups in total. The Labute approximate surface area is 90.4 Å². The van der Waals surface area contributed by atoms with E-state index in [1.165, 1.54) is 0 Å². The van der Waals surface area contributed by atoms with Gasteiger partial charge in [-0.05, 0) is 23.3 Å². The first-order valence-corrected chi connectivity index (χ1v) is 4.66. The molecular weight excluding hydrogens is 181 g/mol. The van der Waals surface area contributed by atoms with E-state index in [0.717, 1.165) is 16.6 Å². The molecule has 0 fully saturated rings. The van der Waals surface area contributed by atoms with E-state index in [9.17, 15) is 0 Å². The zero-order valence-corrected chi connectivity index (χ0v) is 8.14. The first-order valence-electron chi connectivity index (χ1n) is 4.66. The molecule has 0 unspecified atom stereocenters. The molecule has 0 bridgehead atoms. The molecular formula is C13H8BN. The molecule has 15 heavy (non-hydrogen) atoms. The van der Waals surface area contributed by atoms with Gasteiger partial charge in [0.25, 0.3) is 0 Å². The summed E-state index contributed by atoms with van der Waals surface area (Å²) in [5, 5.41) is 8.67. The lowest BCUT2D eigenvalue weighted by molar-refractivity contribution is 1.48. The maximum atomic E-state index is 8.67. The summed E-state index contributed by atoms with van der Waals surface area (Å²) in [6.45, 7) is 0. The number of hydrogen-bond donors (Lipinski definition) is 0. The van der Waals surface area contributed by atoms with Gasteiger partial charge < -0.3 is 0 Å². The van der Waals surface area contributed by atoms with Crippen LogP contribution in [0.5, 0.6) is 0 Å². The second-order valence-corrected chi connectivity index (χ2v) is 3.31. The van der Waals surface area contributed by atoms with Crippen molar-refractivity contribution in [1.29, 1.82) is 5.26 Å². The molecule has 0 amide bonds. The highest BCUT2D eigenvalue weighted by Crippen LogP contribution is 2.17. The molecule has 0 aliphatic carbocycles. The van der Waals surface area contributed by atoms with E-state index in [0.29, 0.717) is 5.56 Å². The van der Waals surface area contributed by atoms with E-state index >= 15 is 0 Å². The molecule has 0 atom stereocenters. The SMILES string of the molecule is [B]c1cccc(-c2ccc(C#N)cc2)c1. The Balaban J connectivity index is 2.42. The van der Waals surface area contributed by atoms with Gasteiger partial charge in [-0.25, -0.2) is 0 Å². The zero-order valence-electron chi connectivity index (χ0n) is 8.14. The van der Waals surface area contributed by atoms with Crippen LogP contribution in [0.1, 0.15) is 5.56 Å². The van der Waals surface area contributed by atoms with E-state index in [1.807, 2.05) is 36.4 Å². The quantitative estimate of drug-likeness (QED) is 0.629. The minimum atomic E-state index is 0.669. The van der Waals surface area contributed by atoms with Gasteiger partial charge in [-0.15, -0.1) is 0 Å². The van der Waals surface area contributed by atoms with Gasteiger partial charge in [0.2, 0.25) is 0 Å². The first-order chi connectivity index (χ1) is 7.29. The van der Waals surface area contributed by atoms with Gasteiger partial charge in [0.05, 0.1) is 11.6 Å². The summed E-state index contributed by atoms with van der Waals surface area (Å²) in [5.41, 5.74) is 3.56. The number of benzene rings is 2. The molecule has 2 aromatic carbocycles. The third-order valence-electron chi connectivity index (χ3n) is 2.23. The van der Waals surface area contributed by atoms with Crippen molar-refractivity contribution < 1.29 is 0 Å². The predicted molar refractivity (Wildman–Crippen MR) is 62.0 cm³/mol. The molecule has 2 radical (unpaired) electrons. The highest BCUT2D eigenvalue weighted by molar-refractivity contribution is 6.32. The summed E-state index contributed by atoms with van der Waals surface area (Å²) in [7, 11) is 5.70. The van der Waals surface area contributed by atoms with Crippen LogP contribution in [0.4, 0.5) is 0 Å². The molecule has 2 rings (SSSR count). The van der Waals surface area contributed by atoms with Gasteiger partial charge in [-0.2, -0.15) is 5.26 Å². The average molecular weight is 189 g/mol. The van der Waals surface area contributed by atoms with E-state index in [-0.39, 0.29) is 0 Å². The van der Waals surface area contributed by atoms with Crippen LogP contribution in [0, 0.1) is 11.3 Å². The van der Waals surface area contributed by atoms with Gasteiger partial charge in [0, 0.05) is 0 Å². The lowest BCUT2D eigenvalue weighted by Crippen LogP contribution is -2.00. The van der Waals surface area contributed by atoms with Crippen LogP contribution in [0.15, 0.2) is 48.5 Å². The summed E-state index contributed by atoms with van der Waals surface area (Å²) in [5.74, 6) is 0. The Morgan fingerprint density at radius 3 is 2.27 bits per heavy atom. The Bertz CT molecular complexity index is 509. The zero-order chi connectivity index (χ0) is 10.7. The van der Waals surface area contributed by atoms with Crippen molar-refractivity contribution in [3.8, 4) is 17.2 Å². The van der Waals surface area contributed by atoms with Crippen molar-refractivity contribution >= 4 is 13.3 Å². The normalized spacial score (nSPS) is 9.53. The van der Waals surface area contributed by atoms with Crippen molar-refractivity contribution in [1.82, 2.24) is 0 Å². The van der Waals surface area contributed by atoms with Crippen molar-refractivity contribution in [2.75, 3.05) is 0 Å². The highest BCUT2D eigenvalue weighted by atomic mass is 14.2. The number of nitriles is 1. The van der Waals surface area contributed by atoms with E-state index in [4.69, 9.17) is 13.1 Å². The molecule has 2 heteroatoms. The Hall–Kier alpha value is -2.01. The van der Waals surface area contributed by atoms with Gasteiger partial charge >= 0.3 is 0 Å². The van der Waals surface area contributed by atoms with E-state index in [1.54, 1.807) is 12.1 Å². The van der Waals surface area contributed by atoms with E-state index < -0.39 is 0 Å². The fourth-order valence-corrected chi connectivity index (χ4v) is 1.46. The molecule has 1 nitrogen and oxygen atoms in total. The van der Waals surface area contributed by atoms with Crippen molar-refractivity contribution in [3.05, 3.63) is 54.1 Å². The van der Waals surface area contributed by atoms with Gasteiger partial charge in [0.1, 0.15) is 7.85 Å². The average Bonchev–Trinajstić information content (AvgIpc) is 2.29. The highest BCUT2D eigenvalue weighted by Gasteiger charge is 1.97. The maximum Gasteiger partial charge on any atom is 0.113 e. The third-order valence-corrected chi connectivity index (χ3v) is 2.23. The lowest BCUT2D eigenvalue weighted by Gasteiger charge is -2.02. The van der Waals surface area contributed by atoms with Crippen LogP contribution in [0.25, 0.3) is 11.1 Å². The summed E-state index contributed by atoms with van der Waals surface area (Å²) < 4.78 is 0. The van der Waals surface area contributed by atoms with Crippen LogP contribution in [-0.2, 0) is 0 Å². The fraction of sp³-hybridized carbons (Fsp3) is 0. The summed E-state index contributed by atoms with van der Waals surface area (Å²) in [6, 6.07) is 17.2. The van der Waals surface area contributed by atoms with Crippen molar-refractivity contribution in [2.24, 2.45) is 0 Å². The monoisotopic (exact) mass is 189 g/mol. The molecule has 0 aliphatic rings. The second kappa shape index (κ2) is 4.02. The van der Waals surface area contributed by atoms with Crippen LogP contribution in [-0.4, -0.2) is 7.85 Å². The minimum Gasteiger partial charge on any atom is -0.192 e. The standard InChI is InChI=1S/C13H8BN/c14-13-3-1-2-12(8-13)11-6-4-10(9-15)5-7-11/h1-8H. The summed E-state index contributed by atoms with van der Waals surface area (Å²) in [4.78, 5) is 0. The van der Waals surface area contributed by atoms with Crippen molar-refractivity contribution in [3.63, 3.8) is 0 Å². The molecule has 2 aromatic rings. The first kappa shape index (κ1) is 9.55. The molecule has 0 saturated carbocycles. The lowest BCUT2D eigenvalue weighted by atomic mass is 9.92. The Morgan fingerprint density at radius 2 is 1.67 bits per heavy atom. The fourth-order valence-electron chi connectivity index (χ4n) is 1.46. The van der Waals surface area contributed by atoms with E-state index in [2.05, 4.69) is 6.07 Å². The van der Waals surface area contributed by atoms with Crippen LogP contribution in [0.2, 0.25) is 0 Å². The minimum absolute atomic E-state index is 0.669. The number of nitrogens with zero attached hydrogens (tertiary/aromatic N) is 1.